The molecular weight excluding hydrogens is 448 g/mol. The van der Waals surface area contributed by atoms with E-state index in [-0.39, 0.29) is 11.9 Å². The Balaban J connectivity index is 1.62. The van der Waals surface area contributed by atoms with Crippen LogP contribution in [0.1, 0.15) is 46.8 Å². The van der Waals surface area contributed by atoms with Crippen LogP contribution in [-0.4, -0.2) is 30.2 Å². The van der Waals surface area contributed by atoms with Gasteiger partial charge in [0.1, 0.15) is 11.3 Å². The Morgan fingerprint density at radius 1 is 1.09 bits per heavy atom. The monoisotopic (exact) mass is 476 g/mol. The number of para-hydroxylation sites is 1. The van der Waals surface area contributed by atoms with Gasteiger partial charge in [-0.3, -0.25) is 9.69 Å². The summed E-state index contributed by atoms with van der Waals surface area (Å²) in [6.07, 6.45) is 4.42. The Bertz CT molecular complexity index is 1220. The molecule has 1 atom stereocenters. The largest absolute Gasteiger partial charge is 0.457 e. The Kier molecular flexibility index (Phi) is 6.58. The molecule has 4 aromatic rings. The number of anilines is 1. The number of benzene rings is 2. The van der Waals surface area contributed by atoms with Gasteiger partial charge in [0.05, 0.1) is 16.6 Å². The third-order valence-corrected chi connectivity index (χ3v) is 8.08. The maximum Gasteiger partial charge on any atom is 0.265 e. The van der Waals surface area contributed by atoms with Gasteiger partial charge in [0, 0.05) is 10.3 Å². The van der Waals surface area contributed by atoms with Crippen molar-refractivity contribution in [2.45, 2.75) is 30.7 Å². The Morgan fingerprint density at radius 3 is 2.55 bits per heavy atom. The zero-order valence-corrected chi connectivity index (χ0v) is 20.5. The minimum atomic E-state index is -0.0958. The second-order valence-electron chi connectivity index (χ2n) is 8.66. The molecule has 1 aliphatic heterocycles. The van der Waals surface area contributed by atoms with E-state index in [4.69, 9.17) is 4.42 Å². The average molecular weight is 477 g/mol. The van der Waals surface area contributed by atoms with Crippen LogP contribution in [-0.2, 0) is 0 Å². The molecule has 170 valence electrons. The van der Waals surface area contributed by atoms with Crippen LogP contribution in [0.4, 0.5) is 5.69 Å². The van der Waals surface area contributed by atoms with Gasteiger partial charge in [-0.15, -0.1) is 23.1 Å². The van der Waals surface area contributed by atoms with Gasteiger partial charge in [0.25, 0.3) is 5.91 Å². The van der Waals surface area contributed by atoms with Crippen molar-refractivity contribution < 1.29 is 9.21 Å². The number of thioether (sulfide) groups is 1. The number of amides is 1. The van der Waals surface area contributed by atoms with E-state index in [2.05, 4.69) is 47.7 Å². The zero-order valence-electron chi connectivity index (χ0n) is 18.9. The van der Waals surface area contributed by atoms with Gasteiger partial charge in [0.2, 0.25) is 0 Å². The van der Waals surface area contributed by atoms with Crippen molar-refractivity contribution in [3.63, 3.8) is 0 Å². The molecule has 6 heteroatoms. The first-order chi connectivity index (χ1) is 16.1. The highest BCUT2D eigenvalue weighted by molar-refractivity contribution is 7.98. The molecular formula is C27H28N2O2S2. The van der Waals surface area contributed by atoms with Gasteiger partial charge in [-0.25, -0.2) is 0 Å². The zero-order chi connectivity index (χ0) is 22.8. The number of hydrogen-bond acceptors (Lipinski definition) is 5. The number of likely N-dealkylation sites (tertiary alicyclic amines) is 1. The summed E-state index contributed by atoms with van der Waals surface area (Å²) in [7, 11) is 0. The van der Waals surface area contributed by atoms with Gasteiger partial charge in [-0.1, -0.05) is 37.3 Å². The number of rotatable bonds is 6. The maximum absolute atomic E-state index is 13.1. The number of fused-ring (bicyclic) bond motifs is 1. The Hall–Kier alpha value is -2.54. The van der Waals surface area contributed by atoms with Crippen LogP contribution < -0.4 is 5.32 Å². The number of nitrogens with zero attached hydrogens (tertiary/aromatic N) is 1. The number of carbonyl (C=O) groups is 1. The summed E-state index contributed by atoms with van der Waals surface area (Å²) < 4.78 is 6.51. The lowest BCUT2D eigenvalue weighted by molar-refractivity contribution is 0.102. The summed E-state index contributed by atoms with van der Waals surface area (Å²) in [5.41, 5.74) is 2.76. The third-order valence-electron chi connectivity index (χ3n) is 6.47. The van der Waals surface area contributed by atoms with E-state index >= 15 is 0 Å². The van der Waals surface area contributed by atoms with Crippen molar-refractivity contribution in [1.82, 2.24) is 4.90 Å². The molecule has 0 unspecified atom stereocenters. The van der Waals surface area contributed by atoms with E-state index in [1.165, 1.54) is 21.8 Å². The normalized spacial score (nSPS) is 16.2. The van der Waals surface area contributed by atoms with Crippen molar-refractivity contribution in [2.24, 2.45) is 5.92 Å². The molecule has 0 saturated carbocycles. The second kappa shape index (κ2) is 9.75. The highest BCUT2D eigenvalue weighted by Crippen LogP contribution is 2.42. The van der Waals surface area contributed by atoms with Gasteiger partial charge in [0.15, 0.2) is 0 Å². The molecule has 33 heavy (non-hydrogen) atoms. The van der Waals surface area contributed by atoms with Crippen molar-refractivity contribution in [1.29, 1.82) is 0 Å². The number of piperidine rings is 1. The fourth-order valence-electron chi connectivity index (χ4n) is 4.57. The van der Waals surface area contributed by atoms with E-state index in [1.54, 1.807) is 11.8 Å². The first-order valence-electron chi connectivity index (χ1n) is 11.4. The molecule has 0 aliphatic carbocycles. The maximum atomic E-state index is 13.1. The molecule has 0 spiro atoms. The average Bonchev–Trinajstić information content (AvgIpc) is 3.50. The number of furan rings is 1. The molecule has 0 radical (unpaired) electrons. The van der Waals surface area contributed by atoms with Crippen molar-refractivity contribution in [3.8, 4) is 0 Å². The van der Waals surface area contributed by atoms with E-state index < -0.39 is 0 Å². The lowest BCUT2D eigenvalue weighted by Crippen LogP contribution is -2.37. The summed E-state index contributed by atoms with van der Waals surface area (Å²) in [6.45, 7) is 4.34. The summed E-state index contributed by atoms with van der Waals surface area (Å²) in [5, 5.41) is 6.07. The number of thiophene rings is 1. The molecule has 4 nitrogen and oxygen atoms in total. The molecule has 3 heterocycles. The van der Waals surface area contributed by atoms with Crippen LogP contribution in [0.3, 0.4) is 0 Å². The lowest BCUT2D eigenvalue weighted by atomic mass is 9.94. The Labute approximate surface area is 203 Å². The summed E-state index contributed by atoms with van der Waals surface area (Å²) >= 11 is 3.19. The minimum Gasteiger partial charge on any atom is -0.457 e. The first kappa shape index (κ1) is 22.3. The number of hydrogen-bond donors (Lipinski definition) is 1. The highest BCUT2D eigenvalue weighted by atomic mass is 32.2. The lowest BCUT2D eigenvalue weighted by Gasteiger charge is -2.36. The molecule has 1 aliphatic rings. The van der Waals surface area contributed by atoms with E-state index in [0.29, 0.717) is 4.88 Å². The minimum absolute atomic E-state index is 0.0561. The molecule has 1 amide bonds. The second-order valence-corrected chi connectivity index (χ2v) is 10.5. The first-order valence-corrected chi connectivity index (χ1v) is 13.5. The molecule has 1 N–H and O–H groups in total. The molecule has 2 aromatic heterocycles. The molecule has 0 bridgehead atoms. The topological polar surface area (TPSA) is 45.5 Å². The predicted molar refractivity (Wildman–Crippen MR) is 139 cm³/mol. The highest BCUT2D eigenvalue weighted by Gasteiger charge is 2.32. The molecule has 1 fully saturated rings. The molecule has 2 aromatic carbocycles. The van der Waals surface area contributed by atoms with Crippen LogP contribution in [0.15, 0.2) is 75.4 Å². The van der Waals surface area contributed by atoms with Gasteiger partial charge in [-0.2, -0.15) is 0 Å². The van der Waals surface area contributed by atoms with Gasteiger partial charge >= 0.3 is 0 Å². The molecule has 5 rings (SSSR count). The Morgan fingerprint density at radius 2 is 1.85 bits per heavy atom. The van der Waals surface area contributed by atoms with Crippen LogP contribution in [0.5, 0.6) is 0 Å². The molecule has 1 saturated heterocycles. The van der Waals surface area contributed by atoms with Crippen molar-refractivity contribution >= 4 is 45.7 Å². The van der Waals surface area contributed by atoms with Crippen molar-refractivity contribution in [2.75, 3.05) is 24.7 Å². The van der Waals surface area contributed by atoms with Gasteiger partial charge < -0.3 is 9.73 Å². The number of carbonyl (C=O) groups excluding carboxylic acids is 1. The quantitative estimate of drug-likeness (QED) is 0.297. The van der Waals surface area contributed by atoms with Gasteiger partial charge in [-0.05, 0) is 79.4 Å². The summed E-state index contributed by atoms with van der Waals surface area (Å²) in [4.78, 5) is 17.5. The van der Waals surface area contributed by atoms with E-state index in [0.717, 1.165) is 54.3 Å². The van der Waals surface area contributed by atoms with Crippen LogP contribution >= 0.6 is 23.1 Å². The predicted octanol–water partition coefficient (Wildman–Crippen LogP) is 7.29. The SMILES string of the molecule is CSc1ccc([C@@H](c2oc3ccccc3c2NC(=O)c2cccs2)N2CCC(C)CC2)cc1. The fourth-order valence-corrected chi connectivity index (χ4v) is 5.60. The smallest absolute Gasteiger partial charge is 0.265 e. The van der Waals surface area contributed by atoms with Crippen LogP contribution in [0, 0.1) is 5.92 Å². The fraction of sp³-hybridized carbons (Fsp3) is 0.296. The summed E-state index contributed by atoms with van der Waals surface area (Å²) in [5.74, 6) is 1.45. The van der Waals surface area contributed by atoms with Crippen molar-refractivity contribution in [3.05, 3.63) is 82.2 Å². The summed E-state index contributed by atoms with van der Waals surface area (Å²) in [6, 6.07) is 20.4. The van der Waals surface area contributed by atoms with Crippen LogP contribution in [0.25, 0.3) is 11.0 Å². The third kappa shape index (κ3) is 4.60. The standard InChI is InChI=1S/C27H28N2O2S2/c1-18-13-15-29(16-14-18)25(19-9-11-20(32-2)12-10-19)26-24(21-6-3-4-7-22(21)31-26)28-27(30)23-8-5-17-33-23/h3-12,17-18,25H,13-16H2,1-2H3,(H,28,30)/t25-/m0/s1. The van der Waals surface area contributed by atoms with E-state index in [1.807, 2.05) is 41.8 Å². The van der Waals surface area contributed by atoms with Crippen LogP contribution in [0.2, 0.25) is 0 Å². The van der Waals surface area contributed by atoms with E-state index in [9.17, 15) is 4.79 Å². The number of nitrogens with one attached hydrogen (secondary N) is 1.